The maximum absolute atomic E-state index is 12.8. The topological polar surface area (TPSA) is 114 Å². The number of amides is 1. The van der Waals surface area contributed by atoms with Gasteiger partial charge in [-0.05, 0) is 31.5 Å². The van der Waals surface area contributed by atoms with Gasteiger partial charge in [-0.15, -0.1) is 11.8 Å². The molecule has 1 aromatic carbocycles. The highest BCUT2D eigenvalue weighted by molar-refractivity contribution is 8.00. The zero-order chi connectivity index (χ0) is 25.0. The minimum Gasteiger partial charge on any atom is -0.444 e. The predicted octanol–water partition coefficient (Wildman–Crippen LogP) is 5.48. The third-order valence-corrected chi connectivity index (χ3v) is 7.92. The van der Waals surface area contributed by atoms with Gasteiger partial charge in [-0.25, -0.2) is 9.97 Å². The van der Waals surface area contributed by atoms with Crippen molar-refractivity contribution in [2.45, 2.75) is 55.5 Å². The quantitative estimate of drug-likeness (QED) is 0.238. The predicted molar refractivity (Wildman–Crippen MR) is 137 cm³/mol. The lowest BCUT2D eigenvalue weighted by Crippen LogP contribution is -2.37. The van der Waals surface area contributed by atoms with E-state index in [9.17, 15) is 14.9 Å². The highest BCUT2D eigenvalue weighted by atomic mass is 32.2. The molecule has 1 N–H and O–H groups in total. The first-order valence-electron chi connectivity index (χ1n) is 11.5. The van der Waals surface area contributed by atoms with E-state index in [1.54, 1.807) is 36.3 Å². The highest BCUT2D eigenvalue weighted by Gasteiger charge is 2.26. The van der Waals surface area contributed by atoms with Crippen molar-refractivity contribution in [1.29, 1.82) is 0 Å². The Kier molecular flexibility index (Phi) is 7.88. The molecule has 3 heterocycles. The second kappa shape index (κ2) is 10.9. The van der Waals surface area contributed by atoms with Gasteiger partial charge in [0.05, 0.1) is 27.3 Å². The van der Waals surface area contributed by atoms with Crippen LogP contribution in [-0.4, -0.2) is 38.8 Å². The Bertz CT molecular complexity index is 1180. The number of hydrogen-bond donors (Lipinski definition) is 1. The molecular weight excluding hydrogens is 486 g/mol. The molecule has 35 heavy (non-hydrogen) atoms. The van der Waals surface area contributed by atoms with E-state index in [1.165, 1.54) is 17.4 Å². The largest absolute Gasteiger partial charge is 0.444 e. The molecule has 186 valence electrons. The Morgan fingerprint density at radius 3 is 2.74 bits per heavy atom. The molecule has 1 aliphatic heterocycles. The van der Waals surface area contributed by atoms with E-state index in [4.69, 9.17) is 4.42 Å². The molecule has 0 saturated carbocycles. The Hall–Kier alpha value is -2.76. The second-order valence-corrected chi connectivity index (χ2v) is 11.9. The number of oxazole rings is 1. The van der Waals surface area contributed by atoms with Crippen LogP contribution in [0.1, 0.15) is 50.8 Å². The number of nitrogens with zero attached hydrogens (tertiary/aromatic N) is 4. The summed E-state index contributed by atoms with van der Waals surface area (Å²) in [5, 5.41) is 14.5. The molecule has 3 aromatic rings. The number of rotatable bonds is 8. The molecule has 0 spiro atoms. The number of anilines is 1. The van der Waals surface area contributed by atoms with Gasteiger partial charge in [0.2, 0.25) is 11.8 Å². The summed E-state index contributed by atoms with van der Waals surface area (Å²) in [5.74, 6) is 2.07. The number of hydrogen-bond acceptors (Lipinski definition) is 9. The number of nitro groups is 1. The van der Waals surface area contributed by atoms with Gasteiger partial charge in [0.15, 0.2) is 5.13 Å². The van der Waals surface area contributed by atoms with E-state index < -0.39 is 0 Å². The smallest absolute Gasteiger partial charge is 0.269 e. The molecule has 1 saturated heterocycles. The lowest BCUT2D eigenvalue weighted by atomic mass is 9.94. The number of non-ortho nitro benzene ring substituents is 1. The van der Waals surface area contributed by atoms with Gasteiger partial charge < -0.3 is 9.73 Å². The third-order valence-electron chi connectivity index (χ3n) is 5.83. The number of benzene rings is 1. The van der Waals surface area contributed by atoms with Crippen molar-refractivity contribution in [1.82, 2.24) is 14.9 Å². The van der Waals surface area contributed by atoms with Crippen LogP contribution in [0.25, 0.3) is 0 Å². The SMILES string of the molecule is CC(C)(C)c1cnc(CSc2cnc(NC(=O)C3CCN(Cc4cccc([N+](=O)[O-])c4)CC3)s2)o1. The Labute approximate surface area is 212 Å². The number of thiazole rings is 1. The number of nitrogens with one attached hydrogen (secondary N) is 1. The van der Waals surface area contributed by atoms with Gasteiger partial charge >= 0.3 is 0 Å². The average Bonchev–Trinajstić information content (AvgIpc) is 3.48. The molecule has 1 aliphatic rings. The van der Waals surface area contributed by atoms with Gasteiger partial charge in [-0.1, -0.05) is 44.2 Å². The fourth-order valence-electron chi connectivity index (χ4n) is 3.83. The molecule has 0 radical (unpaired) electrons. The zero-order valence-electron chi connectivity index (χ0n) is 20.0. The summed E-state index contributed by atoms with van der Waals surface area (Å²) in [4.78, 5) is 34.3. The number of nitro benzene ring substituents is 1. The molecule has 9 nitrogen and oxygen atoms in total. The summed E-state index contributed by atoms with van der Waals surface area (Å²) >= 11 is 3.03. The number of carbonyl (C=O) groups excluding carboxylic acids is 1. The molecule has 0 aliphatic carbocycles. The van der Waals surface area contributed by atoms with E-state index in [0.717, 1.165) is 41.5 Å². The highest BCUT2D eigenvalue weighted by Crippen LogP contribution is 2.32. The van der Waals surface area contributed by atoms with Crippen molar-refractivity contribution < 1.29 is 14.1 Å². The maximum atomic E-state index is 12.8. The lowest BCUT2D eigenvalue weighted by molar-refractivity contribution is -0.384. The van der Waals surface area contributed by atoms with Crippen LogP contribution in [0.3, 0.4) is 0 Å². The van der Waals surface area contributed by atoms with Gasteiger partial charge in [0, 0.05) is 30.0 Å². The van der Waals surface area contributed by atoms with Gasteiger partial charge in [0.25, 0.3) is 5.69 Å². The van der Waals surface area contributed by atoms with Crippen molar-refractivity contribution in [2.24, 2.45) is 5.92 Å². The van der Waals surface area contributed by atoms with E-state index >= 15 is 0 Å². The van der Waals surface area contributed by atoms with Gasteiger partial charge in [0.1, 0.15) is 5.76 Å². The van der Waals surface area contributed by atoms with Crippen molar-refractivity contribution >= 4 is 39.8 Å². The van der Waals surface area contributed by atoms with Crippen molar-refractivity contribution in [3.05, 3.63) is 64.0 Å². The van der Waals surface area contributed by atoms with Crippen LogP contribution in [-0.2, 0) is 22.5 Å². The third kappa shape index (κ3) is 6.89. The Morgan fingerprint density at radius 2 is 2.06 bits per heavy atom. The first-order valence-corrected chi connectivity index (χ1v) is 13.3. The molecule has 0 atom stereocenters. The Balaban J connectivity index is 1.22. The maximum Gasteiger partial charge on any atom is 0.269 e. The second-order valence-electron chi connectivity index (χ2n) is 9.61. The van der Waals surface area contributed by atoms with Crippen molar-refractivity contribution in [3.63, 3.8) is 0 Å². The average molecular weight is 516 g/mol. The van der Waals surface area contributed by atoms with Crippen LogP contribution in [0.15, 0.2) is 45.3 Å². The number of thioether (sulfide) groups is 1. The summed E-state index contributed by atoms with van der Waals surface area (Å²) in [6.45, 7) is 8.45. The minimum atomic E-state index is -0.376. The molecule has 1 amide bonds. The molecule has 1 fully saturated rings. The van der Waals surface area contributed by atoms with Gasteiger partial charge in [-0.2, -0.15) is 0 Å². The normalized spacial score (nSPS) is 15.3. The summed E-state index contributed by atoms with van der Waals surface area (Å²) in [6.07, 6.45) is 5.03. The minimum absolute atomic E-state index is 0.00609. The van der Waals surface area contributed by atoms with Crippen LogP contribution in [0, 0.1) is 16.0 Å². The molecule has 4 rings (SSSR count). The summed E-state index contributed by atoms with van der Waals surface area (Å²) in [7, 11) is 0. The standard InChI is InChI=1S/C24H29N5O4S2/c1-24(2,3)19-12-25-20(33-19)15-34-21-13-26-23(35-21)27-22(30)17-7-9-28(10-8-17)14-16-5-4-6-18(11-16)29(31)32/h4-6,11-13,17H,7-10,14-15H2,1-3H3,(H,26,27,30). The number of likely N-dealkylation sites (tertiary alicyclic amines) is 1. The zero-order valence-corrected chi connectivity index (χ0v) is 21.7. The van der Waals surface area contributed by atoms with Crippen LogP contribution >= 0.6 is 23.1 Å². The summed E-state index contributed by atoms with van der Waals surface area (Å²) in [5.41, 5.74) is 0.943. The summed E-state index contributed by atoms with van der Waals surface area (Å²) in [6, 6.07) is 6.72. The number of carbonyl (C=O) groups is 1. The van der Waals surface area contributed by atoms with Crippen molar-refractivity contribution in [3.8, 4) is 0 Å². The van der Waals surface area contributed by atoms with Crippen molar-refractivity contribution in [2.75, 3.05) is 18.4 Å². The fraction of sp³-hybridized carbons (Fsp3) is 0.458. The first-order chi connectivity index (χ1) is 16.7. The van der Waals surface area contributed by atoms with E-state index in [-0.39, 0.29) is 27.9 Å². The van der Waals surface area contributed by atoms with E-state index in [1.807, 2.05) is 6.07 Å². The molecule has 0 bridgehead atoms. The Morgan fingerprint density at radius 1 is 1.29 bits per heavy atom. The fourth-order valence-corrected chi connectivity index (χ4v) is 5.56. The van der Waals surface area contributed by atoms with E-state index in [0.29, 0.717) is 23.3 Å². The van der Waals surface area contributed by atoms with Crippen LogP contribution in [0.2, 0.25) is 0 Å². The van der Waals surface area contributed by atoms with Crippen LogP contribution in [0.5, 0.6) is 0 Å². The monoisotopic (exact) mass is 515 g/mol. The molecule has 2 aromatic heterocycles. The lowest BCUT2D eigenvalue weighted by Gasteiger charge is -2.31. The molecule has 11 heteroatoms. The molecule has 0 unspecified atom stereocenters. The first kappa shape index (κ1) is 25.3. The van der Waals surface area contributed by atoms with Crippen LogP contribution in [0.4, 0.5) is 10.8 Å². The van der Waals surface area contributed by atoms with Crippen LogP contribution < -0.4 is 5.32 Å². The summed E-state index contributed by atoms with van der Waals surface area (Å²) < 4.78 is 6.82. The van der Waals surface area contributed by atoms with Gasteiger partial charge in [-0.3, -0.25) is 19.8 Å². The molecular formula is C24H29N5O4S2. The van der Waals surface area contributed by atoms with E-state index in [2.05, 4.69) is 41.0 Å². The number of aromatic nitrogens is 2. The number of piperidine rings is 1.